The standard InChI is InChI=1S/C24H20N4O4S.Na/c1-15-5-3-4-6-21(15)26-25-18-8-11-22(16(2)13-18)27-28-24-20-10-9-19(33(30,31)32)14-17(20)7-12-23(24)29;/h3-14,29H,1-2H3,(H,30,31,32);. The Labute approximate surface area is 219 Å². The maximum absolute atomic E-state index is 11.4. The van der Waals surface area contributed by atoms with Gasteiger partial charge in [-0.2, -0.15) is 23.8 Å². The summed E-state index contributed by atoms with van der Waals surface area (Å²) in [4.78, 5) is -0.241. The van der Waals surface area contributed by atoms with Crippen molar-refractivity contribution in [3.63, 3.8) is 0 Å². The molecule has 0 aliphatic rings. The molecule has 2 N–H and O–H groups in total. The molecule has 0 atom stereocenters. The van der Waals surface area contributed by atoms with E-state index in [1.165, 1.54) is 30.3 Å². The van der Waals surface area contributed by atoms with Crippen LogP contribution in [0.2, 0.25) is 0 Å². The third-order valence-electron chi connectivity index (χ3n) is 5.07. The topological polar surface area (TPSA) is 124 Å². The van der Waals surface area contributed by atoms with E-state index in [4.69, 9.17) is 0 Å². The summed E-state index contributed by atoms with van der Waals surface area (Å²) in [6.45, 7) is 3.83. The second-order valence-electron chi connectivity index (χ2n) is 7.45. The number of hydrogen-bond donors (Lipinski definition) is 2. The number of phenols is 1. The van der Waals surface area contributed by atoms with E-state index in [9.17, 15) is 18.1 Å². The fourth-order valence-corrected chi connectivity index (χ4v) is 3.77. The van der Waals surface area contributed by atoms with Crippen molar-refractivity contribution in [3.8, 4) is 5.75 Å². The van der Waals surface area contributed by atoms with Gasteiger partial charge >= 0.3 is 0 Å². The van der Waals surface area contributed by atoms with Crippen molar-refractivity contribution in [1.82, 2.24) is 0 Å². The first-order chi connectivity index (χ1) is 15.7. The van der Waals surface area contributed by atoms with Crippen LogP contribution in [0.15, 0.2) is 98.1 Å². The van der Waals surface area contributed by atoms with Gasteiger partial charge in [-0.1, -0.05) is 30.3 Å². The van der Waals surface area contributed by atoms with Gasteiger partial charge < -0.3 is 5.11 Å². The van der Waals surface area contributed by atoms with Gasteiger partial charge in [0.05, 0.1) is 22.0 Å². The van der Waals surface area contributed by atoms with Gasteiger partial charge in [0.2, 0.25) is 0 Å². The summed E-state index contributed by atoms with van der Waals surface area (Å²) in [5.41, 5.74) is 4.08. The molecule has 167 valence electrons. The predicted molar refractivity (Wildman–Crippen MR) is 132 cm³/mol. The summed E-state index contributed by atoms with van der Waals surface area (Å²) >= 11 is 0. The minimum Gasteiger partial charge on any atom is -0.506 e. The summed E-state index contributed by atoms with van der Waals surface area (Å²) in [7, 11) is -4.34. The van der Waals surface area contributed by atoms with Crippen LogP contribution in [-0.4, -0.2) is 47.6 Å². The normalized spacial score (nSPS) is 11.9. The number of hydrogen-bond acceptors (Lipinski definition) is 7. The van der Waals surface area contributed by atoms with E-state index in [1.807, 2.05) is 44.2 Å². The second-order valence-corrected chi connectivity index (χ2v) is 8.87. The van der Waals surface area contributed by atoms with Crippen molar-refractivity contribution in [1.29, 1.82) is 0 Å². The Kier molecular flexibility index (Phi) is 7.96. The number of fused-ring (bicyclic) bond motifs is 1. The average Bonchev–Trinajstić information content (AvgIpc) is 2.78. The van der Waals surface area contributed by atoms with E-state index in [2.05, 4.69) is 20.5 Å². The molecule has 0 spiro atoms. The molecule has 1 radical (unpaired) electrons. The molecule has 0 aromatic heterocycles. The molecule has 0 bridgehead atoms. The van der Waals surface area contributed by atoms with E-state index >= 15 is 0 Å². The van der Waals surface area contributed by atoms with Crippen molar-refractivity contribution < 1.29 is 18.1 Å². The Hall–Kier alpha value is -2.95. The number of nitrogens with zero attached hydrogens (tertiary/aromatic N) is 4. The maximum Gasteiger partial charge on any atom is 0.294 e. The van der Waals surface area contributed by atoms with Crippen molar-refractivity contribution in [2.75, 3.05) is 0 Å². The summed E-state index contributed by atoms with van der Waals surface area (Å²) in [5.74, 6) is -0.104. The molecule has 0 unspecified atom stereocenters. The Morgan fingerprint density at radius 1 is 0.735 bits per heavy atom. The summed E-state index contributed by atoms with van der Waals surface area (Å²) in [6, 6.07) is 20.0. The molecule has 4 rings (SSSR count). The Morgan fingerprint density at radius 3 is 2.15 bits per heavy atom. The second kappa shape index (κ2) is 10.5. The summed E-state index contributed by atoms with van der Waals surface area (Å²) < 4.78 is 32.1. The first kappa shape index (κ1) is 25.7. The van der Waals surface area contributed by atoms with Gasteiger partial charge in [0.25, 0.3) is 10.1 Å². The zero-order chi connectivity index (χ0) is 23.6. The average molecular weight is 484 g/mol. The van der Waals surface area contributed by atoms with Crippen LogP contribution in [0.25, 0.3) is 10.8 Å². The van der Waals surface area contributed by atoms with Crippen molar-refractivity contribution in [2.45, 2.75) is 18.7 Å². The predicted octanol–water partition coefficient (Wildman–Crippen LogP) is 6.86. The molecule has 0 fully saturated rings. The molecule has 0 aliphatic carbocycles. The van der Waals surface area contributed by atoms with Crippen LogP contribution in [0.4, 0.5) is 22.7 Å². The number of benzene rings is 4. The van der Waals surface area contributed by atoms with Crippen molar-refractivity contribution >= 4 is 73.2 Å². The molecule has 0 saturated heterocycles. The van der Waals surface area contributed by atoms with Crippen LogP contribution in [-0.2, 0) is 10.1 Å². The van der Waals surface area contributed by atoms with Crippen molar-refractivity contribution in [3.05, 3.63) is 83.9 Å². The maximum atomic E-state index is 11.4. The summed E-state index contributed by atoms with van der Waals surface area (Å²) in [6.07, 6.45) is 0. The molecule has 0 amide bonds. The molecule has 10 heteroatoms. The van der Waals surface area contributed by atoms with Gasteiger partial charge in [-0.3, -0.25) is 4.55 Å². The van der Waals surface area contributed by atoms with Crippen LogP contribution in [0, 0.1) is 13.8 Å². The molecule has 4 aromatic carbocycles. The van der Waals surface area contributed by atoms with Gasteiger partial charge in [0.15, 0.2) is 0 Å². The number of aromatic hydroxyl groups is 1. The third kappa shape index (κ3) is 5.75. The molecular formula is C24H20N4NaO4S. The van der Waals surface area contributed by atoms with Gasteiger partial charge in [-0.15, -0.1) is 5.11 Å². The Morgan fingerprint density at radius 2 is 1.44 bits per heavy atom. The molecule has 0 saturated carbocycles. The minimum atomic E-state index is -4.34. The quantitative estimate of drug-likeness (QED) is 0.183. The molecule has 34 heavy (non-hydrogen) atoms. The van der Waals surface area contributed by atoms with E-state index in [-0.39, 0.29) is 45.9 Å². The fraction of sp³-hybridized carbons (Fsp3) is 0.0833. The molecule has 0 aliphatic heterocycles. The van der Waals surface area contributed by atoms with Crippen LogP contribution in [0.3, 0.4) is 0 Å². The zero-order valence-corrected chi connectivity index (χ0v) is 21.7. The van der Waals surface area contributed by atoms with E-state index in [0.717, 1.165) is 16.8 Å². The molecule has 8 nitrogen and oxygen atoms in total. The Bertz CT molecular complexity index is 1540. The van der Waals surface area contributed by atoms with Crippen molar-refractivity contribution in [2.24, 2.45) is 20.5 Å². The van der Waals surface area contributed by atoms with Gasteiger partial charge in [-0.05, 0) is 72.8 Å². The molecule has 0 heterocycles. The summed E-state index contributed by atoms with van der Waals surface area (Å²) in [5, 5.41) is 28.3. The number of azo groups is 2. The zero-order valence-electron chi connectivity index (χ0n) is 18.8. The largest absolute Gasteiger partial charge is 0.506 e. The van der Waals surface area contributed by atoms with Crippen LogP contribution < -0.4 is 0 Å². The van der Waals surface area contributed by atoms with E-state index < -0.39 is 10.1 Å². The fourth-order valence-electron chi connectivity index (χ4n) is 3.25. The number of phenolic OH excluding ortho intramolecular Hbond substituents is 1. The molecule has 4 aromatic rings. The number of rotatable bonds is 5. The van der Waals surface area contributed by atoms with Gasteiger partial charge in [0.1, 0.15) is 11.4 Å². The van der Waals surface area contributed by atoms with E-state index in [1.54, 1.807) is 12.1 Å². The van der Waals surface area contributed by atoms with Crippen LogP contribution in [0.1, 0.15) is 11.1 Å². The van der Waals surface area contributed by atoms with Gasteiger partial charge in [-0.25, -0.2) is 0 Å². The molecular weight excluding hydrogens is 463 g/mol. The van der Waals surface area contributed by atoms with Gasteiger partial charge in [0, 0.05) is 34.9 Å². The number of aryl methyl sites for hydroxylation is 2. The minimum absolute atomic E-state index is 0. The van der Waals surface area contributed by atoms with E-state index in [0.29, 0.717) is 22.1 Å². The smallest absolute Gasteiger partial charge is 0.294 e. The Balaban J connectivity index is 0.00000324. The monoisotopic (exact) mass is 483 g/mol. The SMILES string of the molecule is Cc1ccccc1N=Nc1ccc(N=Nc2c(O)ccc3cc(S(=O)(=O)O)ccc23)c(C)c1.[Na]. The third-order valence-corrected chi connectivity index (χ3v) is 5.92. The van der Waals surface area contributed by atoms with Crippen LogP contribution in [0.5, 0.6) is 5.75 Å². The first-order valence-electron chi connectivity index (χ1n) is 9.95. The van der Waals surface area contributed by atoms with Crippen LogP contribution >= 0.6 is 0 Å². The first-order valence-corrected chi connectivity index (χ1v) is 11.4.